The molecule has 0 saturated carbocycles. The fourth-order valence-corrected chi connectivity index (χ4v) is 3.71. The molecule has 6 nitrogen and oxygen atoms in total. The van der Waals surface area contributed by atoms with Crippen LogP contribution in [0.5, 0.6) is 11.5 Å². The summed E-state index contributed by atoms with van der Waals surface area (Å²) in [4.78, 5) is 2.49. The van der Waals surface area contributed by atoms with Gasteiger partial charge in [-0.15, -0.1) is 0 Å². The Kier molecular flexibility index (Phi) is 4.90. The molecule has 3 heterocycles. The second-order valence-electron chi connectivity index (χ2n) is 6.78. The summed E-state index contributed by atoms with van der Waals surface area (Å²) in [6.07, 6.45) is 4.32. The molecule has 0 bridgehead atoms. The summed E-state index contributed by atoms with van der Waals surface area (Å²) in [7, 11) is 0. The molecule has 2 aromatic rings. The Bertz CT molecular complexity index is 716. The number of ether oxygens (including phenoxy) is 2. The van der Waals surface area contributed by atoms with Crippen molar-refractivity contribution >= 4 is 0 Å². The van der Waals surface area contributed by atoms with E-state index in [9.17, 15) is 0 Å². The van der Waals surface area contributed by atoms with E-state index in [0.29, 0.717) is 25.7 Å². The smallest absolute Gasteiger partial charge is 0.161 e. The highest BCUT2D eigenvalue weighted by Gasteiger charge is 2.23. The molecule has 2 aliphatic heterocycles. The van der Waals surface area contributed by atoms with Gasteiger partial charge < -0.3 is 14.6 Å². The summed E-state index contributed by atoms with van der Waals surface area (Å²) in [6.45, 7) is 4.99. The molecule has 1 aromatic heterocycles. The van der Waals surface area contributed by atoms with E-state index in [1.807, 2.05) is 16.9 Å². The highest BCUT2D eigenvalue weighted by Crippen LogP contribution is 2.32. The SMILES string of the molecule is OCCn1ccc([C@H]2CCCN(Cc3ccc4c(c3)OCCO4)C2)n1. The second kappa shape index (κ2) is 7.45. The highest BCUT2D eigenvalue weighted by atomic mass is 16.6. The predicted molar refractivity (Wildman–Crippen MR) is 94.0 cm³/mol. The molecular weight excluding hydrogens is 318 g/mol. The van der Waals surface area contributed by atoms with Gasteiger partial charge in [-0.2, -0.15) is 5.10 Å². The van der Waals surface area contributed by atoms with Crippen molar-refractivity contribution in [2.75, 3.05) is 32.9 Å². The van der Waals surface area contributed by atoms with E-state index in [1.54, 1.807) is 0 Å². The van der Waals surface area contributed by atoms with E-state index in [2.05, 4.69) is 28.2 Å². The first-order chi connectivity index (χ1) is 12.3. The summed E-state index contributed by atoms with van der Waals surface area (Å²) in [6, 6.07) is 8.34. The van der Waals surface area contributed by atoms with Crippen LogP contribution in [0.15, 0.2) is 30.5 Å². The van der Waals surface area contributed by atoms with Gasteiger partial charge in [-0.25, -0.2) is 0 Å². The van der Waals surface area contributed by atoms with Crippen LogP contribution in [0.2, 0.25) is 0 Å². The molecule has 6 heteroatoms. The zero-order valence-electron chi connectivity index (χ0n) is 14.4. The third-order valence-electron chi connectivity index (χ3n) is 4.93. The molecule has 1 fully saturated rings. The van der Waals surface area contributed by atoms with Crippen molar-refractivity contribution in [2.45, 2.75) is 31.8 Å². The number of nitrogens with zero attached hydrogens (tertiary/aromatic N) is 3. The van der Waals surface area contributed by atoms with E-state index >= 15 is 0 Å². The number of likely N-dealkylation sites (tertiary alicyclic amines) is 1. The lowest BCUT2D eigenvalue weighted by Gasteiger charge is -2.32. The summed E-state index contributed by atoms with van der Waals surface area (Å²) in [5.74, 6) is 2.17. The minimum absolute atomic E-state index is 0.127. The average molecular weight is 343 g/mol. The molecule has 4 rings (SSSR count). The molecular formula is C19H25N3O3. The number of hydrogen-bond acceptors (Lipinski definition) is 5. The van der Waals surface area contributed by atoms with Crippen LogP contribution in [0, 0.1) is 0 Å². The Labute approximate surface area is 148 Å². The Morgan fingerprint density at radius 1 is 1.16 bits per heavy atom. The van der Waals surface area contributed by atoms with Crippen LogP contribution in [0.4, 0.5) is 0 Å². The largest absolute Gasteiger partial charge is 0.486 e. The number of benzene rings is 1. The lowest BCUT2D eigenvalue weighted by atomic mass is 9.94. The molecule has 1 atom stereocenters. The number of aliphatic hydroxyl groups excluding tert-OH is 1. The molecule has 1 N–H and O–H groups in total. The van der Waals surface area contributed by atoms with Crippen molar-refractivity contribution in [3.05, 3.63) is 41.7 Å². The topological polar surface area (TPSA) is 59.8 Å². The van der Waals surface area contributed by atoms with E-state index in [-0.39, 0.29) is 6.61 Å². The minimum atomic E-state index is 0.127. The zero-order valence-corrected chi connectivity index (χ0v) is 14.4. The van der Waals surface area contributed by atoms with Crippen LogP contribution in [-0.4, -0.2) is 52.7 Å². The van der Waals surface area contributed by atoms with Gasteiger partial charge in [-0.1, -0.05) is 6.07 Å². The van der Waals surface area contributed by atoms with E-state index in [4.69, 9.17) is 14.6 Å². The quantitative estimate of drug-likeness (QED) is 0.900. The van der Waals surface area contributed by atoms with E-state index in [1.165, 1.54) is 18.4 Å². The molecule has 1 saturated heterocycles. The fraction of sp³-hybridized carbons (Fsp3) is 0.526. The van der Waals surface area contributed by atoms with Crippen molar-refractivity contribution in [2.24, 2.45) is 0 Å². The number of fused-ring (bicyclic) bond motifs is 1. The van der Waals surface area contributed by atoms with Gasteiger partial charge >= 0.3 is 0 Å². The van der Waals surface area contributed by atoms with Crippen LogP contribution < -0.4 is 9.47 Å². The third kappa shape index (κ3) is 3.80. The highest BCUT2D eigenvalue weighted by molar-refractivity contribution is 5.43. The average Bonchev–Trinajstić information content (AvgIpc) is 3.11. The van der Waals surface area contributed by atoms with Crippen molar-refractivity contribution in [3.8, 4) is 11.5 Å². The van der Waals surface area contributed by atoms with Crippen molar-refractivity contribution in [1.82, 2.24) is 14.7 Å². The summed E-state index contributed by atoms with van der Waals surface area (Å²) < 4.78 is 13.1. The van der Waals surface area contributed by atoms with Gasteiger partial charge in [-0.3, -0.25) is 9.58 Å². The number of hydrogen-bond donors (Lipinski definition) is 1. The molecule has 0 radical (unpaired) electrons. The molecule has 1 aromatic carbocycles. The summed E-state index contributed by atoms with van der Waals surface area (Å²) in [5.41, 5.74) is 2.40. The Morgan fingerprint density at radius 2 is 2.04 bits per heavy atom. The van der Waals surface area contributed by atoms with Gasteiger partial charge in [0.15, 0.2) is 11.5 Å². The lowest BCUT2D eigenvalue weighted by molar-refractivity contribution is 0.170. The van der Waals surface area contributed by atoms with Crippen LogP contribution >= 0.6 is 0 Å². The van der Waals surface area contributed by atoms with E-state index in [0.717, 1.165) is 36.8 Å². The molecule has 134 valence electrons. The van der Waals surface area contributed by atoms with E-state index < -0.39 is 0 Å². The number of aliphatic hydroxyl groups is 1. The normalized spacial score (nSPS) is 20.6. The van der Waals surface area contributed by atoms with Gasteiger partial charge in [0.2, 0.25) is 0 Å². The maximum absolute atomic E-state index is 9.04. The van der Waals surface area contributed by atoms with Crippen molar-refractivity contribution < 1.29 is 14.6 Å². The van der Waals surface area contributed by atoms with Gasteiger partial charge in [0.25, 0.3) is 0 Å². The monoisotopic (exact) mass is 343 g/mol. The predicted octanol–water partition coefficient (Wildman–Crippen LogP) is 2.03. The van der Waals surface area contributed by atoms with Crippen LogP contribution in [0.1, 0.15) is 30.0 Å². The minimum Gasteiger partial charge on any atom is -0.486 e. The van der Waals surface area contributed by atoms with Gasteiger partial charge in [0.05, 0.1) is 18.8 Å². The Morgan fingerprint density at radius 3 is 2.92 bits per heavy atom. The fourth-order valence-electron chi connectivity index (χ4n) is 3.71. The molecule has 0 spiro atoms. The van der Waals surface area contributed by atoms with Gasteiger partial charge in [0, 0.05) is 25.2 Å². The first-order valence-electron chi connectivity index (χ1n) is 9.07. The second-order valence-corrected chi connectivity index (χ2v) is 6.78. The van der Waals surface area contributed by atoms with Crippen molar-refractivity contribution in [1.29, 1.82) is 0 Å². The number of piperidine rings is 1. The van der Waals surface area contributed by atoms with Gasteiger partial charge in [0.1, 0.15) is 13.2 Å². The lowest BCUT2D eigenvalue weighted by Crippen LogP contribution is -2.34. The molecule has 0 unspecified atom stereocenters. The molecule has 2 aliphatic rings. The van der Waals surface area contributed by atoms with Crippen LogP contribution in [0.3, 0.4) is 0 Å². The Hall–Kier alpha value is -2.05. The number of aromatic nitrogens is 2. The summed E-state index contributed by atoms with van der Waals surface area (Å²) in [5, 5.41) is 13.7. The number of rotatable bonds is 5. The first kappa shape index (κ1) is 16.4. The molecule has 25 heavy (non-hydrogen) atoms. The first-order valence-corrected chi connectivity index (χ1v) is 9.07. The zero-order chi connectivity index (χ0) is 17.1. The molecule has 0 amide bonds. The van der Waals surface area contributed by atoms with Crippen LogP contribution in [0.25, 0.3) is 0 Å². The molecule has 0 aliphatic carbocycles. The maximum Gasteiger partial charge on any atom is 0.161 e. The summed E-state index contributed by atoms with van der Waals surface area (Å²) >= 11 is 0. The Balaban J connectivity index is 1.41. The third-order valence-corrected chi connectivity index (χ3v) is 4.93. The van der Waals surface area contributed by atoms with Gasteiger partial charge in [-0.05, 0) is 43.1 Å². The van der Waals surface area contributed by atoms with Crippen molar-refractivity contribution in [3.63, 3.8) is 0 Å². The van der Waals surface area contributed by atoms with Crippen LogP contribution in [-0.2, 0) is 13.1 Å². The standard InChI is InChI=1S/C19H25N3O3/c23-9-8-22-7-5-17(20-22)16-2-1-6-21(14-16)13-15-3-4-18-19(12-15)25-11-10-24-18/h3-5,7,12,16,23H,1-2,6,8-11,13-14H2/t16-/m0/s1. The maximum atomic E-state index is 9.04.